The number of aromatic nitrogens is 4. The average Bonchev–Trinajstić information content (AvgIpc) is 3.27. The van der Waals surface area contributed by atoms with Crippen LogP contribution in [0.1, 0.15) is 24.6 Å². The van der Waals surface area contributed by atoms with Crippen LogP contribution in [0.3, 0.4) is 0 Å². The smallest absolute Gasteiger partial charge is 0.203 e. The highest BCUT2D eigenvalue weighted by Gasteiger charge is 2.30. The second kappa shape index (κ2) is 5.23. The van der Waals surface area contributed by atoms with Gasteiger partial charge >= 0.3 is 0 Å². The van der Waals surface area contributed by atoms with Gasteiger partial charge in [-0.15, -0.1) is 10.2 Å². The van der Waals surface area contributed by atoms with E-state index in [9.17, 15) is 0 Å². The van der Waals surface area contributed by atoms with Crippen LogP contribution in [0.4, 0.5) is 5.82 Å². The lowest BCUT2D eigenvalue weighted by molar-refractivity contribution is 0.188. The number of hydrogen-bond donors (Lipinski definition) is 1. The van der Waals surface area contributed by atoms with Gasteiger partial charge in [-0.25, -0.2) is 4.98 Å². The van der Waals surface area contributed by atoms with Crippen LogP contribution in [0.25, 0.3) is 5.65 Å². The highest BCUT2D eigenvalue weighted by atomic mass is 16.3. The molecular weight excluding hydrogens is 268 g/mol. The van der Waals surface area contributed by atoms with Crippen molar-refractivity contribution in [2.24, 2.45) is 0 Å². The Morgan fingerprint density at radius 2 is 1.95 bits per heavy atom. The molecule has 1 N–H and O–H groups in total. The van der Waals surface area contributed by atoms with Crippen molar-refractivity contribution in [3.05, 3.63) is 18.2 Å². The van der Waals surface area contributed by atoms with Crippen molar-refractivity contribution in [2.45, 2.75) is 18.8 Å². The molecule has 7 nitrogen and oxygen atoms in total. The first-order valence-electron chi connectivity index (χ1n) is 7.64. The monoisotopic (exact) mass is 288 g/mol. The van der Waals surface area contributed by atoms with E-state index in [0.29, 0.717) is 5.92 Å². The zero-order chi connectivity index (χ0) is 14.2. The fourth-order valence-electron chi connectivity index (χ4n) is 3.00. The molecule has 1 aliphatic carbocycles. The maximum Gasteiger partial charge on any atom is 0.203 e. The predicted molar refractivity (Wildman–Crippen MR) is 78.5 cm³/mol. The second-order valence-electron chi connectivity index (χ2n) is 5.83. The van der Waals surface area contributed by atoms with Gasteiger partial charge in [0.25, 0.3) is 0 Å². The summed E-state index contributed by atoms with van der Waals surface area (Å²) in [5, 5.41) is 17.7. The molecule has 0 amide bonds. The molecule has 7 heteroatoms. The van der Waals surface area contributed by atoms with Crippen LogP contribution in [0, 0.1) is 0 Å². The van der Waals surface area contributed by atoms with E-state index in [2.05, 4.69) is 29.4 Å². The van der Waals surface area contributed by atoms with Crippen LogP contribution < -0.4 is 4.90 Å². The predicted octanol–water partition coefficient (Wildman–Crippen LogP) is 0.116. The van der Waals surface area contributed by atoms with Gasteiger partial charge in [-0.05, 0) is 12.8 Å². The van der Waals surface area contributed by atoms with Crippen molar-refractivity contribution in [3.8, 4) is 0 Å². The van der Waals surface area contributed by atoms with Crippen LogP contribution in [0.2, 0.25) is 0 Å². The highest BCUT2D eigenvalue weighted by molar-refractivity contribution is 5.64. The van der Waals surface area contributed by atoms with Gasteiger partial charge in [0.2, 0.25) is 5.65 Å². The molecule has 1 saturated heterocycles. The fourth-order valence-corrected chi connectivity index (χ4v) is 3.00. The van der Waals surface area contributed by atoms with Crippen molar-refractivity contribution in [2.75, 3.05) is 44.2 Å². The summed E-state index contributed by atoms with van der Waals surface area (Å²) in [7, 11) is 0. The molecule has 2 aromatic heterocycles. The zero-order valence-electron chi connectivity index (χ0n) is 12.0. The van der Waals surface area contributed by atoms with Gasteiger partial charge in [0.05, 0.1) is 6.61 Å². The Bertz CT molecular complexity index is 629. The molecule has 1 aliphatic heterocycles. The molecule has 2 aromatic rings. The molecule has 0 spiro atoms. The first-order valence-corrected chi connectivity index (χ1v) is 7.64. The molecule has 4 rings (SSSR count). The van der Waals surface area contributed by atoms with Crippen LogP contribution in [0.15, 0.2) is 12.4 Å². The summed E-state index contributed by atoms with van der Waals surface area (Å²) in [6.07, 6.45) is 6.25. The van der Waals surface area contributed by atoms with Crippen molar-refractivity contribution in [1.82, 2.24) is 24.5 Å². The third-order valence-corrected chi connectivity index (χ3v) is 4.37. The summed E-state index contributed by atoms with van der Waals surface area (Å²) in [5.41, 5.74) is 0.870. The normalized spacial score (nSPS) is 20.3. The van der Waals surface area contributed by atoms with E-state index >= 15 is 0 Å². The molecule has 2 fully saturated rings. The largest absolute Gasteiger partial charge is 0.395 e. The van der Waals surface area contributed by atoms with Crippen LogP contribution >= 0.6 is 0 Å². The van der Waals surface area contributed by atoms with E-state index in [4.69, 9.17) is 5.11 Å². The van der Waals surface area contributed by atoms with Gasteiger partial charge < -0.3 is 10.0 Å². The fraction of sp³-hybridized carbons (Fsp3) is 0.643. The maximum absolute atomic E-state index is 9.01. The summed E-state index contributed by atoms with van der Waals surface area (Å²) in [4.78, 5) is 9.08. The van der Waals surface area contributed by atoms with Crippen molar-refractivity contribution >= 4 is 11.5 Å². The third-order valence-electron chi connectivity index (χ3n) is 4.37. The summed E-state index contributed by atoms with van der Waals surface area (Å²) >= 11 is 0. The molecule has 1 saturated carbocycles. The van der Waals surface area contributed by atoms with Crippen LogP contribution in [-0.2, 0) is 0 Å². The van der Waals surface area contributed by atoms with Crippen LogP contribution in [-0.4, -0.2) is 68.9 Å². The molecular formula is C14H20N6O. The third kappa shape index (κ3) is 2.36. The number of β-amino-alcohol motifs (C(OH)–C–C–N with tert-alkyl or cyclic N) is 1. The molecule has 21 heavy (non-hydrogen) atoms. The van der Waals surface area contributed by atoms with E-state index in [1.54, 1.807) is 0 Å². The maximum atomic E-state index is 9.01. The van der Waals surface area contributed by atoms with Gasteiger partial charge in [0.15, 0.2) is 5.82 Å². The quantitative estimate of drug-likeness (QED) is 0.861. The summed E-state index contributed by atoms with van der Waals surface area (Å²) < 4.78 is 2.10. The zero-order valence-corrected chi connectivity index (χ0v) is 12.0. The Morgan fingerprint density at radius 1 is 1.14 bits per heavy atom. The van der Waals surface area contributed by atoms with Gasteiger partial charge in [-0.3, -0.25) is 9.30 Å². The summed E-state index contributed by atoms with van der Waals surface area (Å²) in [6.45, 7) is 4.71. The molecule has 2 aliphatic rings. The Balaban J connectivity index is 1.59. The van der Waals surface area contributed by atoms with E-state index in [1.807, 2.05) is 12.4 Å². The number of fused-ring (bicyclic) bond motifs is 1. The van der Waals surface area contributed by atoms with Gasteiger partial charge in [0.1, 0.15) is 5.82 Å². The van der Waals surface area contributed by atoms with Gasteiger partial charge in [-0.2, -0.15) is 0 Å². The summed E-state index contributed by atoms with van der Waals surface area (Å²) in [5.74, 6) is 2.59. The minimum Gasteiger partial charge on any atom is -0.395 e. The Morgan fingerprint density at radius 3 is 2.67 bits per heavy atom. The average molecular weight is 288 g/mol. The lowest BCUT2D eigenvalue weighted by atomic mass is 10.3. The van der Waals surface area contributed by atoms with Crippen molar-refractivity contribution in [1.29, 1.82) is 0 Å². The number of anilines is 1. The number of rotatable bonds is 4. The van der Waals surface area contributed by atoms with E-state index in [1.165, 1.54) is 12.8 Å². The summed E-state index contributed by atoms with van der Waals surface area (Å²) in [6, 6.07) is 0. The number of nitrogens with zero attached hydrogens (tertiary/aromatic N) is 6. The van der Waals surface area contributed by atoms with Gasteiger partial charge in [0, 0.05) is 51.0 Å². The molecule has 0 radical (unpaired) electrons. The minimum atomic E-state index is 0.225. The van der Waals surface area contributed by atoms with Gasteiger partial charge in [-0.1, -0.05) is 0 Å². The second-order valence-corrected chi connectivity index (χ2v) is 5.83. The topological polar surface area (TPSA) is 69.8 Å². The Kier molecular flexibility index (Phi) is 3.23. The molecule has 0 unspecified atom stereocenters. The number of aliphatic hydroxyl groups is 1. The Hall–Kier alpha value is -1.73. The standard InChI is InChI=1S/C14H20N6O/c21-10-9-18-5-7-19(8-6-18)13-14-17-16-12(11-1-2-11)20(14)4-3-15-13/h3-4,11,21H,1-2,5-10H2. The lowest BCUT2D eigenvalue weighted by Gasteiger charge is -2.34. The van der Waals surface area contributed by atoms with Crippen molar-refractivity contribution < 1.29 is 5.11 Å². The molecule has 112 valence electrons. The highest BCUT2D eigenvalue weighted by Crippen LogP contribution is 2.39. The first kappa shape index (κ1) is 13.0. The van der Waals surface area contributed by atoms with E-state index < -0.39 is 0 Å². The molecule has 0 aromatic carbocycles. The lowest BCUT2D eigenvalue weighted by Crippen LogP contribution is -2.47. The molecule has 0 bridgehead atoms. The number of aliphatic hydroxyl groups excluding tert-OH is 1. The number of piperazine rings is 1. The number of hydrogen-bond acceptors (Lipinski definition) is 6. The Labute approximate surface area is 123 Å². The van der Waals surface area contributed by atoms with E-state index in [0.717, 1.165) is 50.0 Å². The molecule has 0 atom stereocenters. The first-order chi connectivity index (χ1) is 10.4. The molecule has 3 heterocycles. The minimum absolute atomic E-state index is 0.225. The van der Waals surface area contributed by atoms with Crippen LogP contribution in [0.5, 0.6) is 0 Å². The SMILES string of the molecule is OCCN1CCN(c2nccn3c(C4CC4)nnc23)CC1. The van der Waals surface area contributed by atoms with Crippen molar-refractivity contribution in [3.63, 3.8) is 0 Å². The van der Waals surface area contributed by atoms with E-state index in [-0.39, 0.29) is 6.61 Å².